The SMILES string of the molecule is O=C(Nc1cccc(S(=O)(=O)N2CCOCC2)c1)[C@H](Cl)c1ccccc1. The summed E-state index contributed by atoms with van der Waals surface area (Å²) in [6.07, 6.45) is 0. The Morgan fingerprint density at radius 1 is 1.08 bits per heavy atom. The van der Waals surface area contributed by atoms with Gasteiger partial charge in [0.1, 0.15) is 5.38 Å². The average molecular weight is 395 g/mol. The lowest BCUT2D eigenvalue weighted by molar-refractivity contribution is -0.116. The lowest BCUT2D eigenvalue weighted by Crippen LogP contribution is -2.40. The van der Waals surface area contributed by atoms with E-state index in [-0.39, 0.29) is 4.90 Å². The van der Waals surface area contributed by atoms with E-state index in [1.807, 2.05) is 6.07 Å². The van der Waals surface area contributed by atoms with Gasteiger partial charge >= 0.3 is 0 Å². The van der Waals surface area contributed by atoms with E-state index in [1.165, 1.54) is 16.4 Å². The molecule has 1 N–H and O–H groups in total. The fraction of sp³-hybridized carbons (Fsp3) is 0.278. The van der Waals surface area contributed by atoms with Crippen LogP contribution in [0.2, 0.25) is 0 Å². The smallest absolute Gasteiger partial charge is 0.246 e. The van der Waals surface area contributed by atoms with Crippen molar-refractivity contribution in [1.29, 1.82) is 0 Å². The highest BCUT2D eigenvalue weighted by molar-refractivity contribution is 7.89. The molecule has 0 spiro atoms. The topological polar surface area (TPSA) is 75.7 Å². The van der Waals surface area contributed by atoms with Crippen LogP contribution in [0.15, 0.2) is 59.5 Å². The highest BCUT2D eigenvalue weighted by atomic mass is 35.5. The molecule has 0 unspecified atom stereocenters. The lowest BCUT2D eigenvalue weighted by Gasteiger charge is -2.26. The number of carbonyl (C=O) groups is 1. The highest BCUT2D eigenvalue weighted by Crippen LogP contribution is 2.24. The molecule has 1 fully saturated rings. The summed E-state index contributed by atoms with van der Waals surface area (Å²) in [5, 5.41) is 1.81. The predicted molar refractivity (Wildman–Crippen MR) is 99.7 cm³/mol. The van der Waals surface area contributed by atoms with Crippen LogP contribution >= 0.6 is 11.6 Å². The molecule has 0 radical (unpaired) electrons. The zero-order chi connectivity index (χ0) is 18.6. The number of sulfonamides is 1. The van der Waals surface area contributed by atoms with Gasteiger partial charge in [-0.25, -0.2) is 8.42 Å². The van der Waals surface area contributed by atoms with E-state index >= 15 is 0 Å². The number of benzene rings is 2. The van der Waals surface area contributed by atoms with E-state index in [1.54, 1.807) is 36.4 Å². The van der Waals surface area contributed by atoms with Crippen molar-refractivity contribution in [2.75, 3.05) is 31.6 Å². The van der Waals surface area contributed by atoms with Crippen molar-refractivity contribution in [3.8, 4) is 0 Å². The summed E-state index contributed by atoms with van der Waals surface area (Å²) in [7, 11) is -3.62. The molecule has 26 heavy (non-hydrogen) atoms. The first-order valence-corrected chi connectivity index (χ1v) is 10.0. The van der Waals surface area contributed by atoms with E-state index in [0.717, 1.165) is 0 Å². The number of rotatable bonds is 5. The van der Waals surface area contributed by atoms with Crippen LogP contribution in [0.25, 0.3) is 0 Å². The zero-order valence-electron chi connectivity index (χ0n) is 14.0. The van der Waals surface area contributed by atoms with Crippen molar-refractivity contribution in [2.45, 2.75) is 10.3 Å². The molecular formula is C18H19ClN2O4S. The van der Waals surface area contributed by atoms with Gasteiger partial charge in [0.2, 0.25) is 15.9 Å². The summed E-state index contributed by atoms with van der Waals surface area (Å²) in [6, 6.07) is 15.1. The van der Waals surface area contributed by atoms with Crippen molar-refractivity contribution in [1.82, 2.24) is 4.31 Å². The number of anilines is 1. The summed E-state index contributed by atoms with van der Waals surface area (Å²) in [5.74, 6) is -0.418. The van der Waals surface area contributed by atoms with Crippen LogP contribution in [-0.2, 0) is 19.6 Å². The third-order valence-corrected chi connectivity index (χ3v) is 6.38. The number of nitrogens with one attached hydrogen (secondary N) is 1. The molecule has 0 aliphatic carbocycles. The third kappa shape index (κ3) is 4.24. The maximum Gasteiger partial charge on any atom is 0.246 e. The van der Waals surface area contributed by atoms with Crippen molar-refractivity contribution < 1.29 is 17.9 Å². The summed E-state index contributed by atoms with van der Waals surface area (Å²) >= 11 is 6.21. The summed E-state index contributed by atoms with van der Waals surface area (Å²) in [6.45, 7) is 1.38. The lowest BCUT2D eigenvalue weighted by atomic mass is 10.1. The van der Waals surface area contributed by atoms with Gasteiger partial charge in [0.05, 0.1) is 18.1 Å². The number of hydrogen-bond acceptors (Lipinski definition) is 4. The number of halogens is 1. The van der Waals surface area contributed by atoms with Crippen LogP contribution in [0.1, 0.15) is 10.9 Å². The number of ether oxygens (including phenoxy) is 1. The Morgan fingerprint density at radius 3 is 2.46 bits per heavy atom. The molecule has 0 saturated carbocycles. The van der Waals surface area contributed by atoms with Crippen molar-refractivity contribution >= 4 is 33.2 Å². The molecule has 2 aromatic rings. The van der Waals surface area contributed by atoms with Crippen LogP contribution < -0.4 is 5.32 Å². The van der Waals surface area contributed by atoms with Gasteiger partial charge in [0, 0.05) is 18.8 Å². The number of morpholine rings is 1. The minimum atomic E-state index is -3.62. The van der Waals surface area contributed by atoms with Gasteiger partial charge in [-0.2, -0.15) is 4.31 Å². The zero-order valence-corrected chi connectivity index (χ0v) is 15.5. The van der Waals surface area contributed by atoms with Crippen molar-refractivity contribution in [3.63, 3.8) is 0 Å². The second-order valence-corrected chi connectivity index (χ2v) is 8.18. The van der Waals surface area contributed by atoms with Crippen LogP contribution in [0.3, 0.4) is 0 Å². The van der Waals surface area contributed by atoms with E-state index in [2.05, 4.69) is 5.32 Å². The predicted octanol–water partition coefficient (Wildman–Crippen LogP) is 2.63. The first kappa shape index (κ1) is 18.8. The maximum atomic E-state index is 12.7. The van der Waals surface area contributed by atoms with Gasteiger partial charge in [-0.05, 0) is 23.8 Å². The third-order valence-electron chi connectivity index (χ3n) is 4.03. The summed E-state index contributed by atoms with van der Waals surface area (Å²) < 4.78 is 32.0. The molecule has 3 rings (SSSR count). The van der Waals surface area contributed by atoms with Gasteiger partial charge in [-0.1, -0.05) is 36.4 Å². The molecule has 2 aromatic carbocycles. The van der Waals surface area contributed by atoms with Crippen LogP contribution in [0.4, 0.5) is 5.69 Å². The summed E-state index contributed by atoms with van der Waals surface area (Å²) in [4.78, 5) is 12.5. The van der Waals surface area contributed by atoms with Crippen LogP contribution in [-0.4, -0.2) is 44.9 Å². The molecular weight excluding hydrogens is 376 g/mol. The van der Waals surface area contributed by atoms with Crippen LogP contribution in [0.5, 0.6) is 0 Å². The Bertz CT molecular complexity index is 868. The van der Waals surface area contributed by atoms with E-state index in [0.29, 0.717) is 37.6 Å². The Morgan fingerprint density at radius 2 is 1.77 bits per heavy atom. The fourth-order valence-electron chi connectivity index (χ4n) is 2.65. The molecule has 6 nitrogen and oxygen atoms in total. The minimum Gasteiger partial charge on any atom is -0.379 e. The molecule has 1 aliphatic rings. The van der Waals surface area contributed by atoms with E-state index in [9.17, 15) is 13.2 Å². The number of alkyl halides is 1. The number of amides is 1. The molecule has 8 heteroatoms. The second-order valence-electron chi connectivity index (χ2n) is 5.81. The minimum absolute atomic E-state index is 0.128. The largest absolute Gasteiger partial charge is 0.379 e. The normalized spacial score (nSPS) is 16.8. The Labute approximate surface area is 157 Å². The molecule has 1 aliphatic heterocycles. The molecule has 138 valence electrons. The molecule has 1 amide bonds. The van der Waals surface area contributed by atoms with Gasteiger partial charge in [0.25, 0.3) is 0 Å². The van der Waals surface area contributed by atoms with E-state index in [4.69, 9.17) is 16.3 Å². The Kier molecular flexibility index (Phi) is 5.93. The highest BCUT2D eigenvalue weighted by Gasteiger charge is 2.26. The standard InChI is InChI=1S/C18H19ClN2O4S/c19-17(14-5-2-1-3-6-14)18(22)20-15-7-4-8-16(13-15)26(23,24)21-9-11-25-12-10-21/h1-8,13,17H,9-12H2,(H,20,22)/t17-/m1/s1. The Balaban J connectivity index is 1.76. The molecule has 1 heterocycles. The van der Waals surface area contributed by atoms with Gasteiger partial charge in [-0.3, -0.25) is 4.79 Å². The Hall–Kier alpha value is -1.93. The van der Waals surface area contributed by atoms with E-state index < -0.39 is 21.3 Å². The fourth-order valence-corrected chi connectivity index (χ4v) is 4.30. The van der Waals surface area contributed by atoms with Gasteiger partial charge < -0.3 is 10.1 Å². The number of carbonyl (C=O) groups excluding carboxylic acids is 1. The first-order chi connectivity index (χ1) is 12.5. The quantitative estimate of drug-likeness (QED) is 0.791. The molecule has 0 bridgehead atoms. The number of nitrogens with zero attached hydrogens (tertiary/aromatic N) is 1. The van der Waals surface area contributed by atoms with Gasteiger partial charge in [0.15, 0.2) is 0 Å². The monoisotopic (exact) mass is 394 g/mol. The van der Waals surface area contributed by atoms with Crippen LogP contribution in [0, 0.1) is 0 Å². The maximum absolute atomic E-state index is 12.7. The van der Waals surface area contributed by atoms with Crippen molar-refractivity contribution in [2.24, 2.45) is 0 Å². The molecule has 0 aromatic heterocycles. The van der Waals surface area contributed by atoms with Crippen molar-refractivity contribution in [3.05, 3.63) is 60.2 Å². The first-order valence-electron chi connectivity index (χ1n) is 8.16. The second kappa shape index (κ2) is 8.18. The number of hydrogen-bond donors (Lipinski definition) is 1. The molecule has 1 atom stereocenters. The van der Waals surface area contributed by atoms with Gasteiger partial charge in [-0.15, -0.1) is 11.6 Å². The average Bonchev–Trinajstić information content (AvgIpc) is 2.69. The molecule has 1 saturated heterocycles. The summed E-state index contributed by atoms with van der Waals surface area (Å²) in [5.41, 5.74) is 1.05.